The van der Waals surface area contributed by atoms with Crippen LogP contribution in [0.25, 0.3) is 0 Å². The monoisotopic (exact) mass is 311 g/mol. The molecule has 0 aliphatic rings. The Bertz CT molecular complexity index is 191. The van der Waals surface area contributed by atoms with Gasteiger partial charge in [-0.2, -0.15) is 0 Å². The van der Waals surface area contributed by atoms with Gasteiger partial charge in [-0.15, -0.1) is 0 Å². The molecule has 0 atom stereocenters. The summed E-state index contributed by atoms with van der Waals surface area (Å²) in [5.74, 6) is 0. The van der Waals surface area contributed by atoms with E-state index in [4.69, 9.17) is 28.1 Å². The fourth-order valence-electron chi connectivity index (χ4n) is 1.64. The Kier molecular flexibility index (Phi) is 18.0. The van der Waals surface area contributed by atoms with Crippen molar-refractivity contribution in [3.8, 4) is 0 Å². The molecule has 0 spiro atoms. The standard InChI is InChI=1S/C12H28O4Si.HNO2/c1-5-10-13-11-9-12-17(14-6-2,15-7-3)16-8-4;2-1-3/h5-12H2,1-4H3;1H. The molecule has 0 heterocycles. The quantitative estimate of drug-likeness (QED) is 0.252. The van der Waals surface area contributed by atoms with Crippen LogP contribution in [0.15, 0.2) is 0 Å². The lowest BCUT2D eigenvalue weighted by molar-refractivity contribution is -0.398. The minimum Gasteiger partial charge on any atom is -0.381 e. The lowest BCUT2D eigenvalue weighted by Gasteiger charge is -2.28. The molecule has 1 N–H and O–H groups in total. The van der Waals surface area contributed by atoms with Gasteiger partial charge in [-0.3, -0.25) is 10.1 Å². The van der Waals surface area contributed by atoms with E-state index in [2.05, 4.69) is 6.92 Å². The Balaban J connectivity index is 0. The van der Waals surface area contributed by atoms with Crippen LogP contribution in [-0.2, 0) is 18.0 Å². The Hall–Kier alpha value is -0.543. The molecule has 0 aromatic rings. The maximum absolute atomic E-state index is 8.12. The molecule has 0 aromatic carbocycles. The Labute approximate surface area is 122 Å². The molecule has 122 valence electrons. The third-order valence-electron chi connectivity index (χ3n) is 2.21. The van der Waals surface area contributed by atoms with Gasteiger partial charge in [0.25, 0.3) is 0 Å². The smallest absolute Gasteiger partial charge is 0.381 e. The summed E-state index contributed by atoms with van der Waals surface area (Å²) in [6, 6.07) is 0.840. The van der Waals surface area contributed by atoms with Crippen molar-refractivity contribution >= 4 is 8.80 Å². The summed E-state index contributed by atoms with van der Waals surface area (Å²) < 4.78 is 22.7. The number of ether oxygens (including phenoxy) is 1. The highest BCUT2D eigenvalue weighted by Crippen LogP contribution is 2.18. The summed E-state index contributed by atoms with van der Waals surface area (Å²) in [5.41, 5.74) is 0. The van der Waals surface area contributed by atoms with Gasteiger partial charge in [0, 0.05) is 44.4 Å². The molecule has 0 saturated carbocycles. The van der Waals surface area contributed by atoms with Crippen LogP contribution in [0.2, 0.25) is 6.04 Å². The second-order valence-electron chi connectivity index (χ2n) is 3.78. The van der Waals surface area contributed by atoms with E-state index in [1.165, 1.54) is 0 Å². The van der Waals surface area contributed by atoms with Crippen LogP contribution in [0.4, 0.5) is 0 Å². The normalized spacial score (nSPS) is 10.8. The van der Waals surface area contributed by atoms with Gasteiger partial charge in [0.05, 0.1) is 0 Å². The Morgan fingerprint density at radius 2 is 1.40 bits per heavy atom. The van der Waals surface area contributed by atoms with Crippen molar-refractivity contribution in [3.05, 3.63) is 10.1 Å². The summed E-state index contributed by atoms with van der Waals surface area (Å²) in [4.78, 5) is 8.12. The number of rotatable bonds is 12. The highest BCUT2D eigenvalue weighted by atomic mass is 28.4. The van der Waals surface area contributed by atoms with E-state index < -0.39 is 8.80 Å². The van der Waals surface area contributed by atoms with Crippen LogP contribution in [0, 0.1) is 10.1 Å². The fourth-order valence-corrected chi connectivity index (χ4v) is 4.22. The molecule has 0 fully saturated rings. The summed E-state index contributed by atoms with van der Waals surface area (Å²) in [5, 5.41) is 8.38. The largest absolute Gasteiger partial charge is 0.501 e. The summed E-state index contributed by atoms with van der Waals surface area (Å²) >= 11 is 0. The van der Waals surface area contributed by atoms with Gasteiger partial charge >= 0.3 is 8.80 Å². The second kappa shape index (κ2) is 16.5. The van der Waals surface area contributed by atoms with Crippen LogP contribution in [0.3, 0.4) is 0 Å². The van der Waals surface area contributed by atoms with Crippen molar-refractivity contribution in [2.45, 2.75) is 46.6 Å². The maximum atomic E-state index is 8.12. The summed E-state index contributed by atoms with van der Waals surface area (Å²) in [6.07, 6.45) is 2.00. The Morgan fingerprint density at radius 3 is 1.75 bits per heavy atom. The molecule has 7 nitrogen and oxygen atoms in total. The van der Waals surface area contributed by atoms with E-state index >= 15 is 0 Å². The topological polar surface area (TPSA) is 91.0 Å². The lowest BCUT2D eigenvalue weighted by atomic mass is 10.5. The summed E-state index contributed by atoms with van der Waals surface area (Å²) in [7, 11) is -2.44. The fraction of sp³-hybridized carbons (Fsp3) is 1.00. The van der Waals surface area contributed by atoms with Gasteiger partial charge in [-0.05, 0) is 33.6 Å². The predicted molar refractivity (Wildman–Crippen MR) is 78.9 cm³/mol. The average Bonchev–Trinajstić information content (AvgIpc) is 2.40. The van der Waals surface area contributed by atoms with Crippen molar-refractivity contribution < 1.29 is 23.4 Å². The van der Waals surface area contributed by atoms with Crippen molar-refractivity contribution in [3.63, 3.8) is 0 Å². The average molecular weight is 311 g/mol. The van der Waals surface area contributed by atoms with Crippen LogP contribution in [0.5, 0.6) is 0 Å². The second-order valence-corrected chi connectivity index (χ2v) is 6.51. The van der Waals surface area contributed by atoms with Crippen LogP contribution < -0.4 is 5.34 Å². The van der Waals surface area contributed by atoms with Crippen molar-refractivity contribution in [2.24, 2.45) is 0 Å². The van der Waals surface area contributed by atoms with Gasteiger partial charge < -0.3 is 18.0 Å². The van der Waals surface area contributed by atoms with Gasteiger partial charge in [0.1, 0.15) is 0 Å². The summed E-state index contributed by atoms with van der Waals surface area (Å²) in [6.45, 7) is 11.6. The molecule has 0 bridgehead atoms. The van der Waals surface area contributed by atoms with Gasteiger partial charge in [0.2, 0.25) is 0 Å². The van der Waals surface area contributed by atoms with Crippen molar-refractivity contribution in [1.29, 1.82) is 0 Å². The molecule has 0 rings (SSSR count). The zero-order valence-corrected chi connectivity index (χ0v) is 14.1. The third kappa shape index (κ3) is 12.5. The molecule has 0 amide bonds. The molecule has 0 unspecified atom stereocenters. The zero-order valence-electron chi connectivity index (χ0n) is 13.1. The van der Waals surface area contributed by atoms with E-state index in [0.29, 0.717) is 19.8 Å². The highest BCUT2D eigenvalue weighted by molar-refractivity contribution is 6.60. The first-order chi connectivity index (χ1) is 9.66. The maximum Gasteiger partial charge on any atom is 0.501 e. The van der Waals surface area contributed by atoms with E-state index in [1.807, 2.05) is 20.8 Å². The first-order valence-electron chi connectivity index (χ1n) is 7.15. The highest BCUT2D eigenvalue weighted by Gasteiger charge is 2.39. The number of hydrogen-bond acceptors (Lipinski definition) is 6. The molecule has 0 saturated heterocycles. The Morgan fingerprint density at radius 1 is 0.950 bits per heavy atom. The minimum absolute atomic E-state index is 0.250. The van der Waals surface area contributed by atoms with Gasteiger partial charge in [0.15, 0.2) is 0 Å². The molecule has 8 heteroatoms. The van der Waals surface area contributed by atoms with Crippen LogP contribution >= 0.6 is 0 Å². The first kappa shape index (κ1) is 21.7. The first-order valence-corrected chi connectivity index (χ1v) is 9.08. The van der Waals surface area contributed by atoms with Crippen LogP contribution in [0.1, 0.15) is 40.5 Å². The SMILES string of the molecule is CCCOCCC[Si](OCC)(OCC)OCC.O=[NH+][O-]. The van der Waals surface area contributed by atoms with Crippen LogP contribution in [-0.4, -0.2) is 41.8 Å². The van der Waals surface area contributed by atoms with E-state index in [0.717, 1.165) is 32.1 Å². The van der Waals surface area contributed by atoms with Gasteiger partial charge in [-0.1, -0.05) is 6.92 Å². The van der Waals surface area contributed by atoms with E-state index in [9.17, 15) is 0 Å². The molecule has 0 radical (unpaired) electrons. The number of hydrogen-bond donors (Lipinski definition) is 1. The minimum atomic E-state index is -2.44. The molecule has 20 heavy (non-hydrogen) atoms. The molecular formula is C12H29NO6Si. The predicted octanol–water partition coefficient (Wildman–Crippen LogP) is 1.18. The molecule has 0 aliphatic heterocycles. The van der Waals surface area contributed by atoms with Gasteiger partial charge in [-0.25, -0.2) is 0 Å². The van der Waals surface area contributed by atoms with Crippen molar-refractivity contribution in [1.82, 2.24) is 0 Å². The van der Waals surface area contributed by atoms with Crippen molar-refractivity contribution in [2.75, 3.05) is 33.0 Å². The molecule has 0 aliphatic carbocycles. The zero-order chi connectivity index (χ0) is 15.7. The molecular weight excluding hydrogens is 282 g/mol. The molecule has 0 aromatic heterocycles. The third-order valence-corrected chi connectivity index (χ3v) is 5.36. The van der Waals surface area contributed by atoms with E-state index in [-0.39, 0.29) is 5.34 Å². The van der Waals surface area contributed by atoms with E-state index in [1.54, 1.807) is 0 Å². The lowest BCUT2D eigenvalue weighted by Crippen LogP contribution is -2.53. The number of nitrogens with one attached hydrogen (secondary N) is 1.